The Hall–Kier alpha value is -3.39. The summed E-state index contributed by atoms with van der Waals surface area (Å²) in [5.74, 6) is -0.448. The van der Waals surface area contributed by atoms with Crippen molar-refractivity contribution in [1.29, 1.82) is 0 Å². The minimum absolute atomic E-state index is 0.0178. The van der Waals surface area contributed by atoms with Gasteiger partial charge < -0.3 is 14.7 Å². The average Bonchev–Trinajstić information content (AvgIpc) is 3.16. The molecule has 0 spiro atoms. The molecule has 1 heterocycles. The Bertz CT molecular complexity index is 1250. The second kappa shape index (κ2) is 8.62. The van der Waals surface area contributed by atoms with Crippen LogP contribution in [0.2, 0.25) is 0 Å². The van der Waals surface area contributed by atoms with Gasteiger partial charge in [0.25, 0.3) is 0 Å². The Labute approximate surface area is 206 Å². The molecule has 1 aliphatic heterocycles. The molecule has 0 saturated carbocycles. The van der Waals surface area contributed by atoms with Crippen LogP contribution in [0.4, 0.5) is 17.6 Å². The fourth-order valence-electron chi connectivity index (χ4n) is 5.08. The first kappa shape index (κ1) is 24.3. The molecular formula is C28H25F4NO3. The van der Waals surface area contributed by atoms with Crippen LogP contribution in [0.5, 0.6) is 5.75 Å². The highest BCUT2D eigenvalue weighted by Gasteiger charge is 2.73. The molecule has 4 atom stereocenters. The highest BCUT2D eigenvalue weighted by molar-refractivity contribution is 5.86. The van der Waals surface area contributed by atoms with Gasteiger partial charge >= 0.3 is 6.18 Å². The number of alkyl halides is 4. The zero-order chi connectivity index (χ0) is 25.7. The molecule has 3 aliphatic carbocycles. The number of nitrogens with zero attached hydrogens (tertiary/aromatic N) is 1. The van der Waals surface area contributed by atoms with Crippen LogP contribution in [0.3, 0.4) is 0 Å². The van der Waals surface area contributed by atoms with Gasteiger partial charge in [0.05, 0.1) is 12.5 Å². The van der Waals surface area contributed by atoms with Gasteiger partial charge in [0.1, 0.15) is 11.9 Å². The van der Waals surface area contributed by atoms with Crippen LogP contribution in [0.1, 0.15) is 31.2 Å². The number of carbonyl (C=O) groups is 1. The largest absolute Gasteiger partial charge is 0.489 e. The predicted octanol–water partition coefficient (Wildman–Crippen LogP) is 5.63. The Morgan fingerprint density at radius 1 is 1.08 bits per heavy atom. The molecule has 188 valence electrons. The number of hydrogen-bond donors (Lipinski definition) is 1. The van der Waals surface area contributed by atoms with Crippen molar-refractivity contribution in [1.82, 2.24) is 4.90 Å². The summed E-state index contributed by atoms with van der Waals surface area (Å²) in [4.78, 5) is 15.1. The average molecular weight is 500 g/mol. The maximum Gasteiger partial charge on any atom is 0.425 e. The number of allylic oxidation sites excluding steroid dienone is 1. The van der Waals surface area contributed by atoms with Crippen molar-refractivity contribution in [3.63, 3.8) is 0 Å². The van der Waals surface area contributed by atoms with E-state index in [-0.39, 0.29) is 18.7 Å². The van der Waals surface area contributed by atoms with Gasteiger partial charge in [-0.3, -0.25) is 4.79 Å². The Morgan fingerprint density at radius 3 is 2.36 bits per heavy atom. The molecule has 2 aromatic rings. The van der Waals surface area contributed by atoms with E-state index in [0.717, 1.165) is 17.7 Å². The minimum atomic E-state index is -5.23. The zero-order valence-corrected chi connectivity index (χ0v) is 19.5. The van der Waals surface area contributed by atoms with E-state index in [1.807, 2.05) is 24.3 Å². The number of aliphatic hydroxyl groups is 1. The molecule has 2 aromatic carbocycles. The summed E-state index contributed by atoms with van der Waals surface area (Å²) in [6.07, 6.45) is -2.38. The number of likely N-dealkylation sites (tertiary alicyclic amines) is 1. The van der Waals surface area contributed by atoms with Crippen molar-refractivity contribution in [2.75, 3.05) is 6.54 Å². The van der Waals surface area contributed by atoms with Gasteiger partial charge in [-0.25, -0.2) is 4.39 Å². The quantitative estimate of drug-likeness (QED) is 0.555. The number of carbonyl (C=O) groups excluding carboxylic acids is 1. The van der Waals surface area contributed by atoms with Gasteiger partial charge in [-0.2, -0.15) is 13.2 Å². The van der Waals surface area contributed by atoms with Crippen LogP contribution in [0.25, 0.3) is 0 Å². The van der Waals surface area contributed by atoms with Gasteiger partial charge in [0, 0.05) is 5.70 Å². The molecule has 4 nitrogen and oxygen atoms in total. The fraction of sp³-hybridized carbons (Fsp3) is 0.321. The van der Waals surface area contributed by atoms with Crippen molar-refractivity contribution >= 4 is 5.91 Å². The van der Waals surface area contributed by atoms with E-state index in [1.54, 1.807) is 43.3 Å². The molecule has 0 aromatic heterocycles. The monoisotopic (exact) mass is 499 g/mol. The third-order valence-corrected chi connectivity index (χ3v) is 7.15. The molecule has 8 heteroatoms. The molecule has 1 fully saturated rings. The first-order valence-corrected chi connectivity index (χ1v) is 11.8. The first-order valence-electron chi connectivity index (χ1n) is 11.8. The lowest BCUT2D eigenvalue weighted by atomic mass is 9.67. The fourth-order valence-corrected chi connectivity index (χ4v) is 5.08. The summed E-state index contributed by atoms with van der Waals surface area (Å²) in [6, 6.07) is 18.0. The van der Waals surface area contributed by atoms with E-state index in [9.17, 15) is 23.1 Å². The lowest BCUT2D eigenvalue weighted by molar-refractivity contribution is -0.279. The van der Waals surface area contributed by atoms with Crippen LogP contribution in [0.15, 0.2) is 95.7 Å². The van der Waals surface area contributed by atoms with Crippen molar-refractivity contribution in [2.24, 2.45) is 0 Å². The second-order valence-corrected chi connectivity index (χ2v) is 9.45. The molecule has 6 rings (SSSR count). The van der Waals surface area contributed by atoms with Gasteiger partial charge in [0.15, 0.2) is 5.67 Å². The molecule has 2 bridgehead atoms. The molecule has 4 aliphatic rings. The third-order valence-electron chi connectivity index (χ3n) is 7.15. The molecular weight excluding hydrogens is 474 g/mol. The van der Waals surface area contributed by atoms with Crippen LogP contribution < -0.4 is 4.74 Å². The number of hydrogen-bond acceptors (Lipinski definition) is 3. The van der Waals surface area contributed by atoms with Gasteiger partial charge in [-0.15, -0.1) is 0 Å². The predicted molar refractivity (Wildman–Crippen MR) is 126 cm³/mol. The normalized spacial score (nSPS) is 28.3. The lowest BCUT2D eigenvalue weighted by Gasteiger charge is -2.46. The second-order valence-electron chi connectivity index (χ2n) is 9.45. The summed E-state index contributed by atoms with van der Waals surface area (Å²) < 4.78 is 63.3. The Morgan fingerprint density at radius 2 is 1.72 bits per heavy atom. The minimum Gasteiger partial charge on any atom is -0.489 e. The van der Waals surface area contributed by atoms with E-state index >= 15 is 4.39 Å². The van der Waals surface area contributed by atoms with Crippen LogP contribution in [-0.2, 0) is 4.79 Å². The van der Waals surface area contributed by atoms with E-state index in [1.165, 1.54) is 11.0 Å². The number of ether oxygens (including phenoxy) is 1. The van der Waals surface area contributed by atoms with Crippen molar-refractivity contribution < 1.29 is 32.2 Å². The van der Waals surface area contributed by atoms with Gasteiger partial charge in [-0.1, -0.05) is 54.6 Å². The SMILES string of the molecule is C[C@H](C(=O)N1C[C@@H](Oc2ccccc2)CCC2=CC3=CC(F)(C=C21)C3(O)C(F)(F)F)c1ccccc1. The molecule has 0 radical (unpaired) electrons. The summed E-state index contributed by atoms with van der Waals surface area (Å²) in [5.41, 5.74) is -6.29. The smallest absolute Gasteiger partial charge is 0.425 e. The number of para-hydroxylation sites is 1. The standard InChI is InChI=1S/C28H25F4NO3/c1-18(19-8-4-2-5-9-19)25(34)33-17-23(36-22-10-6-3-7-11-22)13-12-20-14-21-15-26(29,16-24(20)33)27(21,35)28(30,31)32/h2-11,14-16,18,23,35H,12-13,17H2,1H3/t18-,23-,26?,27?/m0/s1. The summed E-state index contributed by atoms with van der Waals surface area (Å²) in [6.45, 7) is 1.72. The van der Waals surface area contributed by atoms with E-state index < -0.39 is 40.9 Å². The topological polar surface area (TPSA) is 49.8 Å². The number of rotatable bonds is 4. The van der Waals surface area contributed by atoms with Crippen molar-refractivity contribution in [3.8, 4) is 5.75 Å². The molecule has 2 unspecified atom stereocenters. The number of amides is 1. The molecule has 1 N–H and O–H groups in total. The molecule has 1 saturated heterocycles. The number of halogens is 4. The summed E-state index contributed by atoms with van der Waals surface area (Å²) >= 11 is 0. The molecule has 36 heavy (non-hydrogen) atoms. The van der Waals surface area contributed by atoms with Crippen LogP contribution in [0, 0.1) is 0 Å². The maximum absolute atomic E-state index is 15.7. The number of benzene rings is 2. The van der Waals surface area contributed by atoms with Crippen molar-refractivity contribution in [3.05, 3.63) is 101 Å². The Balaban J connectivity index is 1.56. The third kappa shape index (κ3) is 3.84. The Kier molecular flexibility index (Phi) is 5.82. The van der Waals surface area contributed by atoms with Crippen LogP contribution >= 0.6 is 0 Å². The highest BCUT2D eigenvalue weighted by atomic mass is 19.4. The lowest BCUT2D eigenvalue weighted by Crippen LogP contribution is -2.65. The van der Waals surface area contributed by atoms with Crippen molar-refractivity contribution in [2.45, 2.75) is 49.2 Å². The van der Waals surface area contributed by atoms with Gasteiger partial charge in [-0.05, 0) is 60.8 Å². The summed E-state index contributed by atoms with van der Waals surface area (Å²) in [5, 5.41) is 10.5. The van der Waals surface area contributed by atoms with Gasteiger partial charge in [0.2, 0.25) is 11.5 Å². The maximum atomic E-state index is 15.7. The van der Waals surface area contributed by atoms with E-state index in [2.05, 4.69) is 0 Å². The first-order chi connectivity index (χ1) is 17.0. The zero-order valence-electron chi connectivity index (χ0n) is 19.5. The molecule has 1 amide bonds. The van der Waals surface area contributed by atoms with E-state index in [0.29, 0.717) is 17.7 Å². The highest BCUT2D eigenvalue weighted by Crippen LogP contribution is 2.58. The van der Waals surface area contributed by atoms with Crippen LogP contribution in [-0.4, -0.2) is 46.0 Å². The van der Waals surface area contributed by atoms with E-state index in [4.69, 9.17) is 4.74 Å². The summed E-state index contributed by atoms with van der Waals surface area (Å²) in [7, 11) is 0.